The first-order chi connectivity index (χ1) is 16.4. The minimum atomic E-state index is -3.75. The highest BCUT2D eigenvalue weighted by Crippen LogP contribution is 2.43. The van der Waals surface area contributed by atoms with Crippen LogP contribution in [0.15, 0.2) is 36.5 Å². The fourth-order valence-electron chi connectivity index (χ4n) is 4.10. The summed E-state index contributed by atoms with van der Waals surface area (Å²) in [6.07, 6.45) is -2.74. The van der Waals surface area contributed by atoms with Gasteiger partial charge >= 0.3 is 12.3 Å². The number of β-lactam (4-membered cyclic amide) rings is 1. The third-order valence-electron chi connectivity index (χ3n) is 5.77. The maximum atomic E-state index is 13.3. The molecule has 186 valence electrons. The van der Waals surface area contributed by atoms with Crippen LogP contribution in [-0.2, 0) is 25.5 Å². The molecule has 2 aliphatic heterocycles. The molecule has 0 aliphatic carbocycles. The molecule has 11 heteroatoms. The lowest BCUT2D eigenvalue weighted by Crippen LogP contribution is -2.67. The lowest BCUT2D eigenvalue weighted by Gasteiger charge is -2.44. The Balaban J connectivity index is 1.49. The molecule has 8 nitrogen and oxygen atoms in total. The lowest BCUT2D eigenvalue weighted by molar-refractivity contribution is -0.286. The van der Waals surface area contributed by atoms with Crippen LogP contribution < -0.4 is 9.47 Å². The fourth-order valence-corrected chi connectivity index (χ4v) is 4.21. The number of aromatic nitrogens is 1. The molecule has 35 heavy (non-hydrogen) atoms. The van der Waals surface area contributed by atoms with Gasteiger partial charge in [0.05, 0.1) is 17.0 Å². The second-order valence-electron chi connectivity index (χ2n) is 8.79. The first kappa shape index (κ1) is 24.8. The van der Waals surface area contributed by atoms with E-state index in [4.69, 9.17) is 16.3 Å². The number of benzene rings is 1. The van der Waals surface area contributed by atoms with E-state index in [0.717, 1.165) is 4.90 Å². The van der Waals surface area contributed by atoms with Gasteiger partial charge < -0.3 is 14.2 Å². The van der Waals surface area contributed by atoms with Gasteiger partial charge in [0.25, 0.3) is 0 Å². The summed E-state index contributed by atoms with van der Waals surface area (Å²) in [6.45, 7) is 5.05. The van der Waals surface area contributed by atoms with Crippen molar-refractivity contribution < 1.29 is 37.4 Å². The number of ether oxygens (including phenoxy) is 3. The Hall–Kier alpha value is -3.27. The highest BCUT2D eigenvalue weighted by Gasteiger charge is 2.55. The van der Waals surface area contributed by atoms with E-state index in [1.54, 1.807) is 39.0 Å². The Morgan fingerprint density at radius 1 is 1.17 bits per heavy atom. The van der Waals surface area contributed by atoms with E-state index in [-0.39, 0.29) is 24.3 Å². The van der Waals surface area contributed by atoms with E-state index in [9.17, 15) is 23.2 Å². The second-order valence-corrected chi connectivity index (χ2v) is 9.23. The van der Waals surface area contributed by atoms with Gasteiger partial charge in [0, 0.05) is 24.7 Å². The third kappa shape index (κ3) is 5.22. The number of fused-ring (bicyclic) bond motifs is 1. The Labute approximate surface area is 205 Å². The first-order valence-electron chi connectivity index (χ1n) is 11.0. The minimum Gasteiger partial charge on any atom is -0.461 e. The smallest absolute Gasteiger partial charge is 0.461 e. The highest BCUT2D eigenvalue weighted by molar-refractivity contribution is 6.30. The molecule has 3 atom stereocenters. The Morgan fingerprint density at radius 3 is 2.54 bits per heavy atom. The Morgan fingerprint density at radius 2 is 1.89 bits per heavy atom. The summed E-state index contributed by atoms with van der Waals surface area (Å²) >= 11 is 5.86. The first-order valence-corrected chi connectivity index (χ1v) is 11.4. The predicted molar refractivity (Wildman–Crippen MR) is 119 cm³/mol. The molecular formula is C24H23ClF2N2O6. The molecule has 2 amide bonds. The lowest BCUT2D eigenvalue weighted by atomic mass is 9.82. The van der Waals surface area contributed by atoms with Crippen LogP contribution >= 0.6 is 11.6 Å². The van der Waals surface area contributed by atoms with Gasteiger partial charge in [0.15, 0.2) is 11.5 Å². The van der Waals surface area contributed by atoms with Crippen LogP contribution in [0.2, 0.25) is 5.02 Å². The maximum Gasteiger partial charge on any atom is 0.586 e. The van der Waals surface area contributed by atoms with Gasteiger partial charge in [-0.3, -0.25) is 19.5 Å². The van der Waals surface area contributed by atoms with Gasteiger partial charge in [-0.1, -0.05) is 24.6 Å². The van der Waals surface area contributed by atoms with Crippen molar-refractivity contribution in [3.63, 3.8) is 0 Å². The number of carbonyl (C=O) groups is 3. The Bertz CT molecular complexity index is 1160. The van der Waals surface area contributed by atoms with Crippen molar-refractivity contribution in [1.82, 2.24) is 9.88 Å². The molecule has 2 aromatic rings. The van der Waals surface area contributed by atoms with Crippen LogP contribution in [0, 0.1) is 5.92 Å². The zero-order valence-electron chi connectivity index (χ0n) is 19.2. The molecule has 0 unspecified atom stereocenters. The molecule has 1 saturated heterocycles. The van der Waals surface area contributed by atoms with Crippen LogP contribution in [0.5, 0.6) is 11.5 Å². The second kappa shape index (κ2) is 9.41. The van der Waals surface area contributed by atoms with Crippen molar-refractivity contribution in [3.8, 4) is 11.5 Å². The van der Waals surface area contributed by atoms with E-state index in [1.807, 2.05) is 0 Å². The number of imide groups is 1. The quantitative estimate of drug-likeness (QED) is 0.410. The van der Waals surface area contributed by atoms with Gasteiger partial charge in [-0.25, -0.2) is 4.79 Å². The molecule has 0 N–H and O–H groups in total. The van der Waals surface area contributed by atoms with Gasteiger partial charge in [-0.05, 0) is 49.6 Å². The van der Waals surface area contributed by atoms with Gasteiger partial charge in [-0.2, -0.15) is 0 Å². The average molecular weight is 509 g/mol. The van der Waals surface area contributed by atoms with Crippen LogP contribution in [0.3, 0.4) is 0 Å². The van der Waals surface area contributed by atoms with Crippen molar-refractivity contribution in [2.75, 3.05) is 0 Å². The SMILES string of the molecule is CC(C)OC(=O)[C@@H]1[C@@H](Cc2ccc(Cl)cn2)C(=O)N1C(=O)C[C@H](C)c1ccc2c(c1)OC(F)(F)O2. The Kier molecular flexibility index (Phi) is 6.68. The molecule has 1 aromatic heterocycles. The number of pyridine rings is 1. The monoisotopic (exact) mass is 508 g/mol. The highest BCUT2D eigenvalue weighted by atomic mass is 35.5. The minimum absolute atomic E-state index is 0.106. The van der Waals surface area contributed by atoms with E-state index >= 15 is 0 Å². The summed E-state index contributed by atoms with van der Waals surface area (Å²) < 4.78 is 40.8. The van der Waals surface area contributed by atoms with E-state index < -0.39 is 48.1 Å². The van der Waals surface area contributed by atoms with Crippen LogP contribution in [0.25, 0.3) is 0 Å². The van der Waals surface area contributed by atoms with Crippen LogP contribution in [-0.4, -0.2) is 46.1 Å². The number of hydrogen-bond donors (Lipinski definition) is 0. The molecule has 0 bridgehead atoms. The van der Waals surface area contributed by atoms with E-state index in [1.165, 1.54) is 18.3 Å². The summed E-state index contributed by atoms with van der Waals surface area (Å²) in [7, 11) is 0. The number of carbonyl (C=O) groups excluding carboxylic acids is 3. The standard InChI is InChI=1S/C24H23ClF2N2O6/c1-12(2)33-23(32)21-17(10-16-6-5-15(25)11-28-16)22(31)29(21)20(30)8-13(3)14-4-7-18-19(9-14)35-24(26,27)34-18/h4-7,9,11-13,17,21H,8,10H2,1-3H3/t13-,17+,21-/m0/s1. The number of nitrogens with zero attached hydrogens (tertiary/aromatic N) is 2. The molecular weight excluding hydrogens is 486 g/mol. The van der Waals surface area contributed by atoms with E-state index in [2.05, 4.69) is 14.5 Å². The fraction of sp³-hybridized carbons (Fsp3) is 0.417. The summed E-state index contributed by atoms with van der Waals surface area (Å²) in [6, 6.07) is 6.43. The molecule has 1 aromatic carbocycles. The van der Waals surface area contributed by atoms with E-state index in [0.29, 0.717) is 16.3 Å². The molecule has 3 heterocycles. The number of halogens is 3. The summed E-state index contributed by atoms with van der Waals surface area (Å²) in [5.41, 5.74) is 1.09. The molecule has 4 rings (SSSR count). The topological polar surface area (TPSA) is 95.0 Å². The number of likely N-dealkylation sites (tertiary alicyclic amines) is 1. The number of rotatable bonds is 7. The zero-order valence-corrected chi connectivity index (χ0v) is 19.9. The summed E-state index contributed by atoms with van der Waals surface area (Å²) in [4.78, 5) is 43.9. The third-order valence-corrected chi connectivity index (χ3v) is 5.99. The van der Waals surface area contributed by atoms with Crippen LogP contribution in [0.4, 0.5) is 8.78 Å². The number of hydrogen-bond acceptors (Lipinski definition) is 7. The molecule has 1 fully saturated rings. The van der Waals surface area contributed by atoms with Crippen molar-refractivity contribution in [2.24, 2.45) is 5.92 Å². The molecule has 2 aliphatic rings. The maximum absolute atomic E-state index is 13.3. The van der Waals surface area contributed by atoms with Gasteiger partial charge in [0.1, 0.15) is 6.04 Å². The van der Waals surface area contributed by atoms with Gasteiger partial charge in [-0.15, -0.1) is 8.78 Å². The zero-order chi connectivity index (χ0) is 25.5. The summed E-state index contributed by atoms with van der Waals surface area (Å²) in [5.74, 6) is -3.26. The van der Waals surface area contributed by atoms with Crippen molar-refractivity contribution >= 4 is 29.4 Å². The number of esters is 1. The summed E-state index contributed by atoms with van der Waals surface area (Å²) in [5, 5.41) is 0.433. The average Bonchev–Trinajstić information content (AvgIpc) is 3.08. The molecule has 0 spiro atoms. The number of amides is 2. The normalized spacial score (nSPS) is 21.0. The van der Waals surface area contributed by atoms with Crippen molar-refractivity contribution in [3.05, 3.63) is 52.8 Å². The largest absolute Gasteiger partial charge is 0.586 e. The van der Waals surface area contributed by atoms with Crippen LogP contribution in [0.1, 0.15) is 44.4 Å². The molecule has 0 radical (unpaired) electrons. The number of alkyl halides is 2. The van der Waals surface area contributed by atoms with Crippen molar-refractivity contribution in [1.29, 1.82) is 0 Å². The molecule has 0 saturated carbocycles. The van der Waals surface area contributed by atoms with Crippen molar-refractivity contribution in [2.45, 2.75) is 58.0 Å². The van der Waals surface area contributed by atoms with Gasteiger partial charge in [0.2, 0.25) is 11.8 Å². The predicted octanol–water partition coefficient (Wildman–Crippen LogP) is 4.10.